The van der Waals surface area contributed by atoms with Gasteiger partial charge in [-0.2, -0.15) is 0 Å². The van der Waals surface area contributed by atoms with E-state index < -0.39 is 0 Å². The maximum absolute atomic E-state index is 4.29. The SMILES string of the molecule is CC1(C)c2cc3c(cc2-c2c1ccc1ccccc21)c1ccccc1n3-c1cncnc1. The molecule has 0 atom stereocenters. The number of para-hydroxylation sites is 1. The highest BCUT2D eigenvalue weighted by Gasteiger charge is 2.37. The van der Waals surface area contributed by atoms with E-state index in [4.69, 9.17) is 0 Å². The van der Waals surface area contributed by atoms with Gasteiger partial charge in [0.2, 0.25) is 0 Å². The summed E-state index contributed by atoms with van der Waals surface area (Å²) in [5.74, 6) is 0. The minimum absolute atomic E-state index is 0.0721. The Bertz CT molecular complexity index is 1690. The summed E-state index contributed by atoms with van der Waals surface area (Å²) >= 11 is 0. The lowest BCUT2D eigenvalue weighted by molar-refractivity contribution is 0.661. The molecule has 0 aliphatic heterocycles. The van der Waals surface area contributed by atoms with Gasteiger partial charge >= 0.3 is 0 Å². The molecule has 3 nitrogen and oxygen atoms in total. The monoisotopic (exact) mass is 411 g/mol. The lowest BCUT2D eigenvalue weighted by atomic mass is 9.82. The van der Waals surface area contributed by atoms with Crippen LogP contribution in [0, 0.1) is 0 Å². The van der Waals surface area contributed by atoms with Crippen LogP contribution in [-0.4, -0.2) is 14.5 Å². The van der Waals surface area contributed by atoms with Crippen LogP contribution in [0.1, 0.15) is 25.0 Å². The zero-order chi connectivity index (χ0) is 21.4. The van der Waals surface area contributed by atoms with Crippen molar-refractivity contribution in [3.05, 3.63) is 103 Å². The summed E-state index contributed by atoms with van der Waals surface area (Å²) in [6.07, 6.45) is 5.36. The number of benzene rings is 4. The van der Waals surface area contributed by atoms with Gasteiger partial charge in [-0.3, -0.25) is 0 Å². The summed E-state index contributed by atoms with van der Waals surface area (Å²) in [6, 6.07) is 26.7. The summed E-state index contributed by atoms with van der Waals surface area (Å²) < 4.78 is 2.29. The van der Waals surface area contributed by atoms with E-state index in [-0.39, 0.29) is 5.41 Å². The molecule has 3 heteroatoms. The van der Waals surface area contributed by atoms with Crippen LogP contribution >= 0.6 is 0 Å². The molecule has 2 aromatic heterocycles. The van der Waals surface area contributed by atoms with Gasteiger partial charge in [0.1, 0.15) is 6.33 Å². The largest absolute Gasteiger partial charge is 0.306 e. The van der Waals surface area contributed by atoms with Gasteiger partial charge in [-0.1, -0.05) is 68.4 Å². The number of aromatic nitrogens is 3. The zero-order valence-electron chi connectivity index (χ0n) is 18.0. The first-order chi connectivity index (χ1) is 15.6. The maximum atomic E-state index is 4.29. The molecule has 4 aromatic carbocycles. The number of fused-ring (bicyclic) bond motifs is 8. The third-order valence-electron chi connectivity index (χ3n) is 7.16. The van der Waals surface area contributed by atoms with Crippen molar-refractivity contribution in [1.82, 2.24) is 14.5 Å². The normalized spacial score (nSPS) is 14.2. The van der Waals surface area contributed by atoms with Gasteiger partial charge in [-0.25, -0.2) is 9.97 Å². The molecule has 7 rings (SSSR count). The van der Waals surface area contributed by atoms with E-state index in [0.29, 0.717) is 0 Å². The van der Waals surface area contributed by atoms with Crippen molar-refractivity contribution < 1.29 is 0 Å². The first-order valence-corrected chi connectivity index (χ1v) is 11.0. The molecule has 32 heavy (non-hydrogen) atoms. The van der Waals surface area contributed by atoms with E-state index >= 15 is 0 Å². The van der Waals surface area contributed by atoms with Crippen LogP contribution in [0.5, 0.6) is 0 Å². The first-order valence-electron chi connectivity index (χ1n) is 11.0. The van der Waals surface area contributed by atoms with E-state index in [1.165, 1.54) is 54.8 Å². The molecule has 0 bridgehead atoms. The second kappa shape index (κ2) is 6.04. The first kappa shape index (κ1) is 17.7. The Labute approximate surface area is 186 Å². The Morgan fingerprint density at radius 3 is 2.28 bits per heavy atom. The van der Waals surface area contributed by atoms with Gasteiger partial charge in [0.15, 0.2) is 0 Å². The van der Waals surface area contributed by atoms with Gasteiger partial charge in [-0.05, 0) is 51.2 Å². The Kier molecular flexibility index (Phi) is 3.34. The number of hydrogen-bond acceptors (Lipinski definition) is 2. The Hall–Kier alpha value is -3.98. The summed E-state index contributed by atoms with van der Waals surface area (Å²) in [4.78, 5) is 8.58. The molecule has 0 radical (unpaired) electrons. The minimum Gasteiger partial charge on any atom is -0.306 e. The molecule has 0 N–H and O–H groups in total. The third kappa shape index (κ3) is 2.15. The summed E-state index contributed by atoms with van der Waals surface area (Å²) in [6.45, 7) is 4.69. The highest BCUT2D eigenvalue weighted by atomic mass is 15.0. The maximum Gasteiger partial charge on any atom is 0.115 e. The second-order valence-corrected chi connectivity index (χ2v) is 9.20. The van der Waals surface area contributed by atoms with E-state index in [1.54, 1.807) is 6.33 Å². The molecular weight excluding hydrogens is 390 g/mol. The minimum atomic E-state index is -0.0721. The molecule has 6 aromatic rings. The van der Waals surface area contributed by atoms with Gasteiger partial charge in [0.25, 0.3) is 0 Å². The molecule has 0 saturated heterocycles. The van der Waals surface area contributed by atoms with Crippen molar-refractivity contribution in [1.29, 1.82) is 0 Å². The molecule has 1 aliphatic carbocycles. The molecule has 0 fully saturated rings. The van der Waals surface area contributed by atoms with Crippen molar-refractivity contribution in [3.8, 4) is 16.8 Å². The molecule has 2 heterocycles. The molecule has 1 aliphatic rings. The van der Waals surface area contributed by atoms with Gasteiger partial charge < -0.3 is 4.57 Å². The fraction of sp³-hybridized carbons (Fsp3) is 0.103. The van der Waals surface area contributed by atoms with E-state index in [1.807, 2.05) is 12.4 Å². The fourth-order valence-electron chi connectivity index (χ4n) is 5.65. The van der Waals surface area contributed by atoms with Crippen LogP contribution in [0.2, 0.25) is 0 Å². The quantitative estimate of drug-likeness (QED) is 0.291. The Balaban J connectivity index is 1.66. The number of rotatable bonds is 1. The Morgan fingerprint density at radius 1 is 0.688 bits per heavy atom. The van der Waals surface area contributed by atoms with Crippen LogP contribution in [-0.2, 0) is 5.41 Å². The van der Waals surface area contributed by atoms with Crippen LogP contribution in [0.4, 0.5) is 0 Å². The lowest BCUT2D eigenvalue weighted by Crippen LogP contribution is -2.15. The molecule has 0 saturated carbocycles. The highest BCUT2D eigenvalue weighted by Crippen LogP contribution is 2.53. The van der Waals surface area contributed by atoms with Gasteiger partial charge in [0, 0.05) is 16.2 Å². The predicted octanol–water partition coefficient (Wildman–Crippen LogP) is 7.03. The number of hydrogen-bond donors (Lipinski definition) is 0. The van der Waals surface area contributed by atoms with Crippen LogP contribution in [0.15, 0.2) is 91.5 Å². The van der Waals surface area contributed by atoms with Crippen molar-refractivity contribution in [2.75, 3.05) is 0 Å². The van der Waals surface area contributed by atoms with Gasteiger partial charge in [-0.15, -0.1) is 0 Å². The topological polar surface area (TPSA) is 30.7 Å². The van der Waals surface area contributed by atoms with Crippen molar-refractivity contribution >= 4 is 32.6 Å². The van der Waals surface area contributed by atoms with Crippen LogP contribution in [0.25, 0.3) is 49.4 Å². The van der Waals surface area contributed by atoms with E-state index in [9.17, 15) is 0 Å². The van der Waals surface area contributed by atoms with E-state index in [0.717, 1.165) is 5.69 Å². The third-order valence-corrected chi connectivity index (χ3v) is 7.16. The van der Waals surface area contributed by atoms with Gasteiger partial charge in [0.05, 0.1) is 29.1 Å². The summed E-state index contributed by atoms with van der Waals surface area (Å²) in [5.41, 5.74) is 8.79. The molecule has 0 spiro atoms. The van der Waals surface area contributed by atoms with E-state index in [2.05, 4.69) is 101 Å². The average molecular weight is 412 g/mol. The molecule has 152 valence electrons. The van der Waals surface area contributed by atoms with Crippen molar-refractivity contribution in [2.45, 2.75) is 19.3 Å². The van der Waals surface area contributed by atoms with Crippen LogP contribution < -0.4 is 0 Å². The average Bonchev–Trinajstić information content (AvgIpc) is 3.27. The molecular formula is C29H21N3. The van der Waals surface area contributed by atoms with Crippen LogP contribution in [0.3, 0.4) is 0 Å². The lowest BCUT2D eigenvalue weighted by Gasteiger charge is -2.22. The second-order valence-electron chi connectivity index (χ2n) is 9.20. The van der Waals surface area contributed by atoms with Crippen molar-refractivity contribution in [2.24, 2.45) is 0 Å². The summed E-state index contributed by atoms with van der Waals surface area (Å²) in [7, 11) is 0. The van der Waals surface area contributed by atoms with Crippen molar-refractivity contribution in [3.63, 3.8) is 0 Å². The predicted molar refractivity (Wildman–Crippen MR) is 131 cm³/mol. The number of nitrogens with zero attached hydrogens (tertiary/aromatic N) is 3. The zero-order valence-corrected chi connectivity index (χ0v) is 18.0. The summed E-state index contributed by atoms with van der Waals surface area (Å²) in [5, 5.41) is 5.13. The molecule has 0 unspecified atom stereocenters. The smallest absolute Gasteiger partial charge is 0.115 e. The Morgan fingerprint density at radius 2 is 1.44 bits per heavy atom. The fourth-order valence-corrected chi connectivity index (χ4v) is 5.65. The highest BCUT2D eigenvalue weighted by molar-refractivity contribution is 6.13. The molecule has 0 amide bonds. The standard InChI is InChI=1S/C29H21N3/c1-29(2)24-12-11-18-7-3-4-8-20(18)28(24)23-13-22-21-9-5-6-10-26(21)32(27(22)14-25(23)29)19-15-30-17-31-16-19/h3-17H,1-2H3.